The highest BCUT2D eigenvalue weighted by Crippen LogP contribution is 2.38. The van der Waals surface area contributed by atoms with Crippen molar-refractivity contribution >= 4 is 44.6 Å². The molecule has 1 aliphatic heterocycles. The molecule has 0 radical (unpaired) electrons. The summed E-state index contributed by atoms with van der Waals surface area (Å²) < 4.78 is 36.1. The van der Waals surface area contributed by atoms with E-state index >= 15 is 0 Å². The molecule has 3 aromatic rings. The summed E-state index contributed by atoms with van der Waals surface area (Å²) in [7, 11) is -6.47. The minimum atomic E-state index is -3.72. The second kappa shape index (κ2) is 9.82. The Labute approximate surface area is 212 Å². The van der Waals surface area contributed by atoms with Crippen molar-refractivity contribution in [3.05, 3.63) is 102 Å². The number of hydrogen-bond acceptors (Lipinski definition) is 3. The first-order chi connectivity index (χ1) is 16.2. The summed E-state index contributed by atoms with van der Waals surface area (Å²) in [5.74, 6) is 0. The standard InChI is InChI=1S/C27H30BrNO3SSi/c1-27(2,3)34(23-14-6-4-7-15-23,24-16-8-5-9-17-24)32-21-22-13-12-20-29(22)33(30,31)26-19-11-10-18-25(26)28/h4-12,14-20,22H,13,21H2,1-3H3/t22-/m0/s1. The largest absolute Gasteiger partial charge is 0.405 e. The van der Waals surface area contributed by atoms with Crippen LogP contribution in [0.4, 0.5) is 0 Å². The normalized spacial score (nSPS) is 16.7. The molecule has 0 N–H and O–H groups in total. The highest BCUT2D eigenvalue weighted by Gasteiger charge is 2.50. The van der Waals surface area contributed by atoms with Gasteiger partial charge in [0.05, 0.1) is 12.6 Å². The molecule has 7 heteroatoms. The zero-order valence-electron chi connectivity index (χ0n) is 19.7. The van der Waals surface area contributed by atoms with Crippen molar-refractivity contribution in [3.8, 4) is 0 Å². The van der Waals surface area contributed by atoms with Gasteiger partial charge in [-0.05, 0) is 49.9 Å². The quantitative estimate of drug-likeness (QED) is 0.371. The van der Waals surface area contributed by atoms with Gasteiger partial charge in [-0.2, -0.15) is 0 Å². The lowest BCUT2D eigenvalue weighted by molar-refractivity contribution is 0.229. The Morgan fingerprint density at radius 1 is 0.912 bits per heavy atom. The van der Waals surface area contributed by atoms with E-state index in [2.05, 4.69) is 85.2 Å². The summed E-state index contributed by atoms with van der Waals surface area (Å²) in [5, 5.41) is 2.19. The van der Waals surface area contributed by atoms with E-state index in [-0.39, 0.29) is 16.0 Å². The minimum Gasteiger partial charge on any atom is -0.405 e. The molecule has 0 amide bonds. The molecule has 0 aromatic heterocycles. The van der Waals surface area contributed by atoms with E-state index in [9.17, 15) is 8.42 Å². The van der Waals surface area contributed by atoms with E-state index in [1.54, 1.807) is 24.4 Å². The maximum atomic E-state index is 13.5. The number of nitrogens with zero attached hydrogens (tertiary/aromatic N) is 1. The number of rotatable bonds is 7. The maximum absolute atomic E-state index is 13.5. The first-order valence-electron chi connectivity index (χ1n) is 11.4. The van der Waals surface area contributed by atoms with Gasteiger partial charge in [-0.25, -0.2) is 8.42 Å². The van der Waals surface area contributed by atoms with Gasteiger partial charge < -0.3 is 4.43 Å². The average Bonchev–Trinajstić information content (AvgIpc) is 3.30. The van der Waals surface area contributed by atoms with Gasteiger partial charge in [-0.15, -0.1) is 0 Å². The van der Waals surface area contributed by atoms with Crippen LogP contribution in [0.15, 0.2) is 107 Å². The molecule has 1 atom stereocenters. The molecule has 0 spiro atoms. The third-order valence-electron chi connectivity index (χ3n) is 6.32. The van der Waals surface area contributed by atoms with Crippen molar-refractivity contribution in [1.29, 1.82) is 0 Å². The minimum absolute atomic E-state index is 0.173. The number of sulfonamides is 1. The Kier molecular flexibility index (Phi) is 7.19. The molecule has 178 valence electrons. The van der Waals surface area contributed by atoms with Gasteiger partial charge in [0.25, 0.3) is 18.3 Å². The fourth-order valence-corrected chi connectivity index (χ4v) is 11.8. The smallest absolute Gasteiger partial charge is 0.265 e. The SMILES string of the molecule is CC(C)(C)[Si](OC[C@@H]1CC=CN1S(=O)(=O)c1ccccc1Br)(c1ccccc1)c1ccccc1. The lowest BCUT2D eigenvalue weighted by Gasteiger charge is -2.44. The summed E-state index contributed by atoms with van der Waals surface area (Å²) >= 11 is 3.40. The summed E-state index contributed by atoms with van der Waals surface area (Å²) in [6.45, 7) is 6.98. The molecule has 0 saturated carbocycles. The molecule has 0 aliphatic carbocycles. The van der Waals surface area contributed by atoms with Crippen molar-refractivity contribution < 1.29 is 12.8 Å². The first kappa shape index (κ1) is 24.9. The number of benzene rings is 3. The first-order valence-corrected chi connectivity index (χ1v) is 15.5. The molecule has 0 fully saturated rings. The molecule has 3 aromatic carbocycles. The Balaban J connectivity index is 1.72. The second-order valence-electron chi connectivity index (χ2n) is 9.51. The predicted octanol–water partition coefficient (Wildman–Crippen LogP) is 5.30. The third kappa shape index (κ3) is 4.54. The molecule has 4 nitrogen and oxygen atoms in total. The molecular weight excluding hydrogens is 526 g/mol. The van der Waals surface area contributed by atoms with Gasteiger partial charge in [0.1, 0.15) is 4.90 Å². The Bertz CT molecular complexity index is 1220. The highest BCUT2D eigenvalue weighted by molar-refractivity contribution is 9.10. The summed E-state index contributed by atoms with van der Waals surface area (Å²) in [6, 6.07) is 27.5. The third-order valence-corrected chi connectivity index (χ3v) is 14.2. The fourth-order valence-electron chi connectivity index (χ4n) is 4.72. The van der Waals surface area contributed by atoms with Gasteiger partial charge >= 0.3 is 0 Å². The molecule has 1 aliphatic rings. The van der Waals surface area contributed by atoms with Gasteiger partial charge in [0.2, 0.25) is 0 Å². The van der Waals surface area contributed by atoms with Crippen molar-refractivity contribution in [2.75, 3.05) is 6.61 Å². The molecule has 4 rings (SSSR count). The van der Waals surface area contributed by atoms with Crippen molar-refractivity contribution in [1.82, 2.24) is 4.31 Å². The van der Waals surface area contributed by atoms with Crippen molar-refractivity contribution in [3.63, 3.8) is 0 Å². The number of hydrogen-bond donors (Lipinski definition) is 0. The van der Waals surface area contributed by atoms with E-state index < -0.39 is 18.3 Å². The van der Waals surface area contributed by atoms with Crippen LogP contribution in [0.25, 0.3) is 0 Å². The van der Waals surface area contributed by atoms with E-state index in [1.165, 1.54) is 14.7 Å². The lowest BCUT2D eigenvalue weighted by atomic mass is 10.2. The predicted molar refractivity (Wildman–Crippen MR) is 144 cm³/mol. The summed E-state index contributed by atoms with van der Waals surface area (Å²) in [4.78, 5) is 0.261. The zero-order valence-corrected chi connectivity index (χ0v) is 23.1. The second-order valence-corrected chi connectivity index (χ2v) is 16.5. The molecular formula is C27H30BrNO3SSi. The monoisotopic (exact) mass is 555 g/mol. The molecule has 1 heterocycles. The fraction of sp³-hybridized carbons (Fsp3) is 0.259. The van der Waals surface area contributed by atoms with E-state index in [0.717, 1.165) is 0 Å². The van der Waals surface area contributed by atoms with E-state index in [1.807, 2.05) is 24.3 Å². The Morgan fingerprint density at radius 2 is 1.44 bits per heavy atom. The topological polar surface area (TPSA) is 46.6 Å². The maximum Gasteiger partial charge on any atom is 0.265 e. The summed E-state index contributed by atoms with van der Waals surface area (Å²) in [6.07, 6.45) is 4.20. The van der Waals surface area contributed by atoms with Crippen LogP contribution < -0.4 is 10.4 Å². The van der Waals surface area contributed by atoms with Crippen LogP contribution in [0.3, 0.4) is 0 Å². The van der Waals surface area contributed by atoms with Gasteiger partial charge in [0, 0.05) is 10.7 Å². The van der Waals surface area contributed by atoms with Gasteiger partial charge in [-0.3, -0.25) is 4.31 Å². The van der Waals surface area contributed by atoms with Gasteiger partial charge in [-0.1, -0.05) is 99.6 Å². The van der Waals surface area contributed by atoms with Crippen molar-refractivity contribution in [2.24, 2.45) is 0 Å². The van der Waals surface area contributed by atoms with Crippen LogP contribution in [0, 0.1) is 0 Å². The Morgan fingerprint density at radius 3 is 1.97 bits per heavy atom. The van der Waals surface area contributed by atoms with Crippen LogP contribution in [-0.4, -0.2) is 33.7 Å². The highest BCUT2D eigenvalue weighted by atomic mass is 79.9. The zero-order chi connectivity index (χ0) is 24.4. The van der Waals surface area contributed by atoms with Crippen molar-refractivity contribution in [2.45, 2.75) is 43.2 Å². The Hall–Kier alpha value is -2.19. The molecule has 0 unspecified atom stereocenters. The van der Waals surface area contributed by atoms with E-state index in [4.69, 9.17) is 4.43 Å². The number of halogens is 1. The average molecular weight is 557 g/mol. The molecule has 34 heavy (non-hydrogen) atoms. The van der Waals surface area contributed by atoms with Crippen LogP contribution in [0.5, 0.6) is 0 Å². The van der Waals surface area contributed by atoms with Crippen LogP contribution in [0.1, 0.15) is 27.2 Å². The molecule has 0 saturated heterocycles. The van der Waals surface area contributed by atoms with Gasteiger partial charge in [0.15, 0.2) is 0 Å². The van der Waals surface area contributed by atoms with Crippen LogP contribution in [0.2, 0.25) is 5.04 Å². The van der Waals surface area contributed by atoms with Crippen LogP contribution in [-0.2, 0) is 14.4 Å². The molecule has 0 bridgehead atoms. The lowest BCUT2D eigenvalue weighted by Crippen LogP contribution is -2.67. The van der Waals surface area contributed by atoms with E-state index in [0.29, 0.717) is 17.5 Å². The van der Waals surface area contributed by atoms with Crippen LogP contribution >= 0.6 is 15.9 Å². The summed E-state index contributed by atoms with van der Waals surface area (Å²) in [5.41, 5.74) is 0.